The SMILES string of the molecule is CC1(C)CCC(OC(=O)C2CC3CCC2N3)CC1. The monoisotopic (exact) mass is 251 g/mol. The predicted octanol–water partition coefficient (Wildman–Crippen LogP) is 2.64. The van der Waals surface area contributed by atoms with Gasteiger partial charge in [-0.2, -0.15) is 0 Å². The van der Waals surface area contributed by atoms with Crippen LogP contribution in [-0.4, -0.2) is 24.2 Å². The van der Waals surface area contributed by atoms with Crippen molar-refractivity contribution in [2.75, 3.05) is 0 Å². The number of hydrogen-bond acceptors (Lipinski definition) is 3. The van der Waals surface area contributed by atoms with Crippen molar-refractivity contribution >= 4 is 5.97 Å². The van der Waals surface area contributed by atoms with Crippen LogP contribution in [0.4, 0.5) is 0 Å². The second kappa shape index (κ2) is 4.52. The van der Waals surface area contributed by atoms with Gasteiger partial charge in [-0.15, -0.1) is 0 Å². The molecule has 1 N–H and O–H groups in total. The molecule has 3 unspecified atom stereocenters. The maximum Gasteiger partial charge on any atom is 0.310 e. The molecule has 3 rings (SSSR count). The molecule has 2 heterocycles. The molecule has 1 saturated carbocycles. The Bertz CT molecular complexity index is 329. The second-order valence-electron chi connectivity index (χ2n) is 7.19. The van der Waals surface area contributed by atoms with E-state index in [1.165, 1.54) is 19.3 Å². The topological polar surface area (TPSA) is 38.3 Å². The second-order valence-corrected chi connectivity index (χ2v) is 7.19. The number of carbonyl (C=O) groups excluding carboxylic acids is 1. The summed E-state index contributed by atoms with van der Waals surface area (Å²) in [7, 11) is 0. The highest BCUT2D eigenvalue weighted by atomic mass is 16.5. The van der Waals surface area contributed by atoms with Crippen LogP contribution in [0.5, 0.6) is 0 Å². The van der Waals surface area contributed by atoms with Crippen LogP contribution in [0.3, 0.4) is 0 Å². The molecule has 1 aliphatic carbocycles. The van der Waals surface area contributed by atoms with Crippen LogP contribution in [0.15, 0.2) is 0 Å². The molecule has 0 radical (unpaired) electrons. The van der Waals surface area contributed by atoms with E-state index >= 15 is 0 Å². The number of ether oxygens (including phenoxy) is 1. The molecule has 102 valence electrons. The van der Waals surface area contributed by atoms with E-state index in [0.717, 1.165) is 25.7 Å². The summed E-state index contributed by atoms with van der Waals surface area (Å²) >= 11 is 0. The molecule has 3 nitrogen and oxygen atoms in total. The minimum Gasteiger partial charge on any atom is -0.462 e. The molecule has 0 spiro atoms. The van der Waals surface area contributed by atoms with Gasteiger partial charge in [0.2, 0.25) is 0 Å². The van der Waals surface area contributed by atoms with E-state index in [9.17, 15) is 4.79 Å². The highest BCUT2D eigenvalue weighted by Crippen LogP contribution is 2.38. The lowest BCUT2D eigenvalue weighted by atomic mass is 9.76. The van der Waals surface area contributed by atoms with E-state index in [4.69, 9.17) is 4.74 Å². The number of hydrogen-bond donors (Lipinski definition) is 1. The van der Waals surface area contributed by atoms with Gasteiger partial charge >= 0.3 is 5.97 Å². The summed E-state index contributed by atoms with van der Waals surface area (Å²) in [5.41, 5.74) is 0.441. The number of fused-ring (bicyclic) bond motifs is 2. The van der Waals surface area contributed by atoms with Gasteiger partial charge in [0.05, 0.1) is 5.92 Å². The largest absolute Gasteiger partial charge is 0.462 e. The molecule has 2 bridgehead atoms. The Balaban J connectivity index is 1.50. The zero-order chi connectivity index (χ0) is 12.8. The number of carbonyl (C=O) groups is 1. The minimum atomic E-state index is 0.0689. The van der Waals surface area contributed by atoms with E-state index in [-0.39, 0.29) is 18.0 Å². The maximum absolute atomic E-state index is 12.2. The Morgan fingerprint density at radius 2 is 1.89 bits per heavy atom. The van der Waals surface area contributed by atoms with Crippen molar-refractivity contribution in [1.29, 1.82) is 0 Å². The highest BCUT2D eigenvalue weighted by molar-refractivity contribution is 5.74. The van der Waals surface area contributed by atoms with E-state index in [2.05, 4.69) is 19.2 Å². The quantitative estimate of drug-likeness (QED) is 0.767. The average Bonchev–Trinajstić information content (AvgIpc) is 2.94. The first-order valence-electron chi connectivity index (χ1n) is 7.50. The van der Waals surface area contributed by atoms with Crippen molar-refractivity contribution in [2.45, 2.75) is 77.0 Å². The Morgan fingerprint density at radius 1 is 1.17 bits per heavy atom. The van der Waals surface area contributed by atoms with Gasteiger partial charge in [0.1, 0.15) is 6.10 Å². The molecular weight excluding hydrogens is 226 g/mol. The fraction of sp³-hybridized carbons (Fsp3) is 0.933. The fourth-order valence-corrected chi connectivity index (χ4v) is 3.83. The van der Waals surface area contributed by atoms with Crippen LogP contribution in [0.1, 0.15) is 58.8 Å². The van der Waals surface area contributed by atoms with Crippen LogP contribution in [0.2, 0.25) is 0 Å². The number of esters is 1. The molecule has 3 aliphatic rings. The van der Waals surface area contributed by atoms with Crippen molar-refractivity contribution in [3.8, 4) is 0 Å². The van der Waals surface area contributed by atoms with Crippen LogP contribution in [0, 0.1) is 11.3 Å². The molecule has 0 aromatic rings. The van der Waals surface area contributed by atoms with E-state index in [1.54, 1.807) is 0 Å². The van der Waals surface area contributed by atoms with Gasteiger partial charge in [0.25, 0.3) is 0 Å². The normalized spacial score (nSPS) is 38.9. The summed E-state index contributed by atoms with van der Waals surface area (Å²) in [6, 6.07) is 0.986. The van der Waals surface area contributed by atoms with Gasteiger partial charge in [-0.3, -0.25) is 4.79 Å². The van der Waals surface area contributed by atoms with E-state index in [0.29, 0.717) is 17.5 Å². The third-order valence-corrected chi connectivity index (χ3v) is 5.17. The van der Waals surface area contributed by atoms with Gasteiger partial charge < -0.3 is 10.1 Å². The summed E-state index contributed by atoms with van der Waals surface area (Å²) in [6.45, 7) is 4.62. The number of nitrogens with one attached hydrogen (secondary N) is 1. The molecule has 0 aromatic heterocycles. The lowest BCUT2D eigenvalue weighted by molar-refractivity contribution is -0.157. The molecule has 0 amide bonds. The Labute approximate surface area is 110 Å². The maximum atomic E-state index is 12.2. The fourth-order valence-electron chi connectivity index (χ4n) is 3.83. The molecule has 0 aromatic carbocycles. The zero-order valence-corrected chi connectivity index (χ0v) is 11.6. The lowest BCUT2D eigenvalue weighted by Gasteiger charge is -2.34. The average molecular weight is 251 g/mol. The molecular formula is C15H25NO2. The third kappa shape index (κ3) is 2.42. The van der Waals surface area contributed by atoms with Gasteiger partial charge in [-0.1, -0.05) is 13.8 Å². The van der Waals surface area contributed by atoms with Gasteiger partial charge in [-0.25, -0.2) is 0 Å². The number of rotatable bonds is 2. The first kappa shape index (κ1) is 12.5. The van der Waals surface area contributed by atoms with E-state index < -0.39 is 0 Å². The highest BCUT2D eigenvalue weighted by Gasteiger charge is 2.44. The summed E-state index contributed by atoms with van der Waals surface area (Å²) < 4.78 is 5.74. The molecule has 18 heavy (non-hydrogen) atoms. The van der Waals surface area contributed by atoms with Crippen LogP contribution < -0.4 is 5.32 Å². The molecule has 3 fully saturated rings. The van der Waals surface area contributed by atoms with Gasteiger partial charge in [-0.05, 0) is 50.4 Å². The first-order valence-corrected chi connectivity index (χ1v) is 7.50. The van der Waals surface area contributed by atoms with Crippen molar-refractivity contribution in [2.24, 2.45) is 11.3 Å². The Kier molecular flexibility index (Phi) is 3.13. The predicted molar refractivity (Wildman–Crippen MR) is 70.2 cm³/mol. The summed E-state index contributed by atoms with van der Waals surface area (Å²) in [6.07, 6.45) is 8.04. The van der Waals surface area contributed by atoms with E-state index in [1.807, 2.05) is 0 Å². The Morgan fingerprint density at radius 3 is 2.44 bits per heavy atom. The smallest absolute Gasteiger partial charge is 0.310 e. The summed E-state index contributed by atoms with van der Waals surface area (Å²) in [5, 5.41) is 3.51. The molecule has 2 saturated heterocycles. The van der Waals surface area contributed by atoms with Gasteiger partial charge in [0.15, 0.2) is 0 Å². The van der Waals surface area contributed by atoms with Crippen molar-refractivity contribution in [3.63, 3.8) is 0 Å². The van der Waals surface area contributed by atoms with Crippen LogP contribution in [0.25, 0.3) is 0 Å². The van der Waals surface area contributed by atoms with Crippen molar-refractivity contribution in [3.05, 3.63) is 0 Å². The summed E-state index contributed by atoms with van der Waals surface area (Å²) in [4.78, 5) is 12.2. The lowest BCUT2D eigenvalue weighted by Crippen LogP contribution is -2.34. The molecule has 3 heteroatoms. The molecule has 3 atom stereocenters. The minimum absolute atomic E-state index is 0.0689. The van der Waals surface area contributed by atoms with Gasteiger partial charge in [0, 0.05) is 12.1 Å². The summed E-state index contributed by atoms with van der Waals surface area (Å²) in [5.74, 6) is 0.207. The third-order valence-electron chi connectivity index (χ3n) is 5.17. The molecule has 2 aliphatic heterocycles. The Hall–Kier alpha value is -0.570. The standard InChI is InChI=1S/C15H25NO2/c1-15(2)7-5-11(6-8-15)18-14(17)12-9-10-3-4-13(12)16-10/h10-13,16H,3-9H2,1-2H3. The van der Waals surface area contributed by atoms with Crippen molar-refractivity contribution < 1.29 is 9.53 Å². The zero-order valence-electron chi connectivity index (χ0n) is 11.6. The first-order chi connectivity index (χ1) is 8.53. The van der Waals surface area contributed by atoms with Crippen molar-refractivity contribution in [1.82, 2.24) is 5.32 Å². The van der Waals surface area contributed by atoms with Crippen LogP contribution >= 0.6 is 0 Å². The van der Waals surface area contributed by atoms with Crippen LogP contribution in [-0.2, 0) is 9.53 Å².